The monoisotopic (exact) mass is 399 g/mol. The number of aromatic nitrogens is 3. The lowest BCUT2D eigenvalue weighted by molar-refractivity contribution is -0.131. The Bertz CT molecular complexity index is 1340. The van der Waals surface area contributed by atoms with Crippen molar-refractivity contribution in [3.63, 3.8) is 0 Å². The number of nitrogens with zero attached hydrogens (tertiary/aromatic N) is 3. The number of aromatic amines is 1. The molecule has 2 amide bonds. The molecule has 1 aliphatic rings. The van der Waals surface area contributed by atoms with Crippen molar-refractivity contribution in [2.45, 2.75) is 13.0 Å². The summed E-state index contributed by atoms with van der Waals surface area (Å²) in [4.78, 5) is 25.7. The first-order valence-electron chi connectivity index (χ1n) is 9.76. The van der Waals surface area contributed by atoms with Crippen molar-refractivity contribution in [2.24, 2.45) is 5.73 Å². The summed E-state index contributed by atoms with van der Waals surface area (Å²) in [5.41, 5.74) is 11.3. The van der Waals surface area contributed by atoms with Crippen LogP contribution >= 0.6 is 0 Å². The summed E-state index contributed by atoms with van der Waals surface area (Å²) >= 11 is 0. The van der Waals surface area contributed by atoms with E-state index in [4.69, 9.17) is 5.73 Å². The second-order valence-corrected chi connectivity index (χ2v) is 7.74. The van der Waals surface area contributed by atoms with Gasteiger partial charge in [-0.05, 0) is 47.9 Å². The number of fused-ring (bicyclic) bond motifs is 2. The number of aryl methyl sites for hydroxylation is 1. The van der Waals surface area contributed by atoms with Crippen molar-refractivity contribution in [3.8, 4) is 11.1 Å². The SMILES string of the molecule is C=CC(=O)N1CC(n2cc(C(N)=O)c3cc(-c4c(C)ccc5[nH]ncc45)ccc32)C1. The van der Waals surface area contributed by atoms with E-state index < -0.39 is 5.91 Å². The Balaban J connectivity index is 1.63. The summed E-state index contributed by atoms with van der Waals surface area (Å²) in [5, 5.41) is 9.02. The number of carbonyl (C=O) groups is 2. The van der Waals surface area contributed by atoms with Crippen LogP contribution in [0, 0.1) is 6.92 Å². The molecule has 5 rings (SSSR count). The molecule has 0 aliphatic carbocycles. The third kappa shape index (κ3) is 2.62. The molecule has 0 unspecified atom stereocenters. The van der Waals surface area contributed by atoms with Gasteiger partial charge in [0.15, 0.2) is 0 Å². The third-order valence-corrected chi connectivity index (χ3v) is 5.96. The van der Waals surface area contributed by atoms with E-state index in [0.29, 0.717) is 18.7 Å². The topological polar surface area (TPSA) is 97.0 Å². The van der Waals surface area contributed by atoms with Crippen LogP contribution in [0.2, 0.25) is 0 Å². The van der Waals surface area contributed by atoms with Gasteiger partial charge in [-0.25, -0.2) is 0 Å². The molecule has 0 radical (unpaired) electrons. The number of likely N-dealkylation sites (tertiary alicyclic amines) is 1. The van der Waals surface area contributed by atoms with E-state index in [2.05, 4.69) is 40.4 Å². The maximum absolute atomic E-state index is 12.2. The van der Waals surface area contributed by atoms with Crippen molar-refractivity contribution in [1.82, 2.24) is 19.7 Å². The van der Waals surface area contributed by atoms with Gasteiger partial charge >= 0.3 is 0 Å². The molecule has 7 nitrogen and oxygen atoms in total. The lowest BCUT2D eigenvalue weighted by atomic mass is 9.95. The first-order valence-corrected chi connectivity index (χ1v) is 9.76. The number of rotatable bonds is 4. The van der Waals surface area contributed by atoms with Gasteiger partial charge in [-0.15, -0.1) is 0 Å². The fraction of sp³-hybridized carbons (Fsp3) is 0.174. The summed E-state index contributed by atoms with van der Waals surface area (Å²) in [6.07, 6.45) is 4.95. The molecular formula is C23H21N5O2. The highest BCUT2D eigenvalue weighted by atomic mass is 16.2. The second-order valence-electron chi connectivity index (χ2n) is 7.74. The number of benzene rings is 2. The zero-order chi connectivity index (χ0) is 21.0. The van der Waals surface area contributed by atoms with E-state index in [1.807, 2.05) is 30.6 Å². The average molecular weight is 399 g/mol. The Hall–Kier alpha value is -3.87. The summed E-state index contributed by atoms with van der Waals surface area (Å²) < 4.78 is 2.05. The largest absolute Gasteiger partial charge is 0.366 e. The third-order valence-electron chi connectivity index (χ3n) is 5.96. The van der Waals surface area contributed by atoms with E-state index >= 15 is 0 Å². The molecule has 1 aliphatic heterocycles. The van der Waals surface area contributed by atoms with Crippen molar-refractivity contribution >= 4 is 33.6 Å². The molecule has 2 aromatic heterocycles. The van der Waals surface area contributed by atoms with Crippen LogP contribution in [0.4, 0.5) is 0 Å². The van der Waals surface area contributed by atoms with Crippen LogP contribution in [0.5, 0.6) is 0 Å². The van der Waals surface area contributed by atoms with Crippen LogP contribution in [0.25, 0.3) is 32.9 Å². The highest BCUT2D eigenvalue weighted by Crippen LogP contribution is 2.36. The number of nitrogens with two attached hydrogens (primary N) is 1. The second kappa shape index (κ2) is 6.59. The lowest BCUT2D eigenvalue weighted by Gasteiger charge is -2.39. The minimum atomic E-state index is -0.465. The molecule has 7 heteroatoms. The molecule has 0 spiro atoms. The van der Waals surface area contributed by atoms with Crippen molar-refractivity contribution in [1.29, 1.82) is 0 Å². The first kappa shape index (κ1) is 18.2. The number of hydrogen-bond donors (Lipinski definition) is 2. The molecular weight excluding hydrogens is 378 g/mol. The number of amides is 2. The lowest BCUT2D eigenvalue weighted by Crippen LogP contribution is -2.49. The fourth-order valence-corrected chi connectivity index (χ4v) is 4.36. The first-order chi connectivity index (χ1) is 14.5. The van der Waals surface area contributed by atoms with Gasteiger partial charge in [-0.2, -0.15) is 5.10 Å². The molecule has 3 heterocycles. The van der Waals surface area contributed by atoms with Gasteiger partial charge in [0.25, 0.3) is 5.91 Å². The molecule has 0 bridgehead atoms. The van der Waals surface area contributed by atoms with Gasteiger partial charge in [-0.1, -0.05) is 18.7 Å². The van der Waals surface area contributed by atoms with Crippen LogP contribution < -0.4 is 5.73 Å². The highest BCUT2D eigenvalue weighted by Gasteiger charge is 2.32. The molecule has 4 aromatic rings. The maximum atomic E-state index is 12.2. The normalized spacial score (nSPS) is 14.2. The standard InChI is InChI=1S/C23H21N5O2/c1-3-21(29)27-10-15(11-27)28-12-18(23(24)30)16-8-14(5-7-20(16)28)22-13(2)4-6-19-17(22)9-25-26-19/h3-9,12,15H,1,10-11H2,2H3,(H2,24,30)(H,25,26). The smallest absolute Gasteiger partial charge is 0.250 e. The quantitative estimate of drug-likeness (QED) is 0.516. The van der Waals surface area contributed by atoms with Crippen LogP contribution in [0.1, 0.15) is 22.0 Å². The molecule has 1 saturated heterocycles. The van der Waals surface area contributed by atoms with E-state index in [1.54, 1.807) is 4.90 Å². The van der Waals surface area contributed by atoms with Crippen molar-refractivity contribution in [2.75, 3.05) is 13.1 Å². The van der Waals surface area contributed by atoms with E-state index in [1.165, 1.54) is 6.08 Å². The van der Waals surface area contributed by atoms with Gasteiger partial charge in [0.1, 0.15) is 0 Å². The number of hydrogen-bond acceptors (Lipinski definition) is 3. The van der Waals surface area contributed by atoms with Gasteiger partial charge in [0, 0.05) is 35.6 Å². The Morgan fingerprint density at radius 2 is 2.03 bits per heavy atom. The van der Waals surface area contributed by atoms with Crippen LogP contribution in [0.15, 0.2) is 55.4 Å². The molecule has 150 valence electrons. The Labute approximate surface area is 172 Å². The minimum Gasteiger partial charge on any atom is -0.366 e. The van der Waals surface area contributed by atoms with E-state index in [-0.39, 0.29) is 11.9 Å². The minimum absolute atomic E-state index is 0.0798. The summed E-state index contributed by atoms with van der Waals surface area (Å²) in [7, 11) is 0. The number of carbonyl (C=O) groups excluding carboxylic acids is 2. The summed E-state index contributed by atoms with van der Waals surface area (Å²) in [6.45, 7) is 6.77. The van der Waals surface area contributed by atoms with Gasteiger partial charge in [0.05, 0.1) is 23.3 Å². The molecule has 1 fully saturated rings. The number of H-pyrrole nitrogens is 1. The van der Waals surface area contributed by atoms with Crippen LogP contribution in [-0.4, -0.2) is 44.6 Å². The Kier molecular flexibility index (Phi) is 3.99. The van der Waals surface area contributed by atoms with E-state index in [0.717, 1.165) is 38.5 Å². The average Bonchev–Trinajstić information content (AvgIpc) is 3.31. The maximum Gasteiger partial charge on any atom is 0.250 e. The van der Waals surface area contributed by atoms with Gasteiger partial charge < -0.3 is 15.2 Å². The Morgan fingerprint density at radius 1 is 1.23 bits per heavy atom. The van der Waals surface area contributed by atoms with Crippen molar-refractivity contribution < 1.29 is 9.59 Å². The Morgan fingerprint density at radius 3 is 2.77 bits per heavy atom. The molecule has 0 atom stereocenters. The molecule has 0 saturated carbocycles. The summed E-state index contributed by atoms with van der Waals surface area (Å²) in [5.74, 6) is -0.545. The molecule has 2 aromatic carbocycles. The predicted octanol–water partition coefficient (Wildman–Crippen LogP) is 3.16. The predicted molar refractivity (Wildman–Crippen MR) is 116 cm³/mol. The van der Waals surface area contributed by atoms with Gasteiger partial charge in [0.2, 0.25) is 5.91 Å². The molecule has 3 N–H and O–H groups in total. The number of nitrogens with one attached hydrogen (secondary N) is 1. The summed E-state index contributed by atoms with van der Waals surface area (Å²) in [6, 6.07) is 10.3. The number of primary amides is 1. The van der Waals surface area contributed by atoms with Crippen LogP contribution in [-0.2, 0) is 4.79 Å². The molecule has 30 heavy (non-hydrogen) atoms. The zero-order valence-corrected chi connectivity index (χ0v) is 16.6. The van der Waals surface area contributed by atoms with Crippen LogP contribution in [0.3, 0.4) is 0 Å². The van der Waals surface area contributed by atoms with E-state index in [9.17, 15) is 9.59 Å². The fourth-order valence-electron chi connectivity index (χ4n) is 4.36. The zero-order valence-electron chi connectivity index (χ0n) is 16.6. The highest BCUT2D eigenvalue weighted by molar-refractivity contribution is 6.08. The van der Waals surface area contributed by atoms with Crippen molar-refractivity contribution in [3.05, 3.63) is 66.5 Å². The van der Waals surface area contributed by atoms with Gasteiger partial charge in [-0.3, -0.25) is 14.7 Å².